The summed E-state index contributed by atoms with van der Waals surface area (Å²) in [5.74, 6) is 0. The van der Waals surface area contributed by atoms with E-state index in [4.69, 9.17) is 32.4 Å². The van der Waals surface area contributed by atoms with Gasteiger partial charge < -0.3 is 20.8 Å². The molecule has 1 atom stereocenters. The van der Waals surface area contributed by atoms with Crippen LogP contribution in [0.4, 0.5) is 0 Å². The Balaban J connectivity index is 0. The van der Waals surface area contributed by atoms with E-state index in [2.05, 4.69) is 20.8 Å². The molecule has 0 aliphatic heterocycles. The van der Waals surface area contributed by atoms with Gasteiger partial charge in [-0.05, 0) is 24.7 Å². The van der Waals surface area contributed by atoms with E-state index in [-0.39, 0.29) is 10.9 Å². The van der Waals surface area contributed by atoms with Crippen molar-refractivity contribution in [3.8, 4) is 0 Å². The van der Waals surface area contributed by atoms with Gasteiger partial charge in [-0.3, -0.25) is 0 Å². The van der Waals surface area contributed by atoms with Gasteiger partial charge in [0, 0.05) is 0 Å². The van der Waals surface area contributed by atoms with Crippen LogP contribution in [0.25, 0.3) is 0 Å². The first-order valence-electron chi connectivity index (χ1n) is 4.80. The Morgan fingerprint density at radius 3 is 1.36 bits per heavy atom. The molecule has 0 saturated carbocycles. The Kier molecular flexibility index (Phi) is 10.1. The second-order valence-electron chi connectivity index (χ2n) is 3.17. The lowest BCUT2D eigenvalue weighted by molar-refractivity contribution is 0.240. The van der Waals surface area contributed by atoms with Gasteiger partial charge >= 0.3 is 7.32 Å². The Morgan fingerprint density at radius 2 is 1.36 bits per heavy atom. The summed E-state index contributed by atoms with van der Waals surface area (Å²) in [7, 11) is -2.17. The fraction of sp³-hybridized carbons (Fsp3) is 1.00. The van der Waals surface area contributed by atoms with E-state index in [1.165, 1.54) is 0 Å². The molecule has 86 valence electrons. The number of alkyl halides is 1. The zero-order valence-corrected chi connectivity index (χ0v) is 9.83. The minimum Gasteiger partial charge on any atom is -0.402 e. The van der Waals surface area contributed by atoms with Crippen LogP contribution in [0.2, 0.25) is 0 Å². The smallest absolute Gasteiger partial charge is 0.402 e. The molecule has 0 saturated heterocycles. The lowest BCUT2D eigenvalue weighted by Crippen LogP contribution is -2.36. The maximum Gasteiger partial charge on any atom is 0.631 e. The van der Waals surface area contributed by atoms with Gasteiger partial charge in [0.2, 0.25) is 0 Å². The largest absolute Gasteiger partial charge is 0.631 e. The molecule has 0 aliphatic rings. The molecule has 5 N–H and O–H groups in total. The average molecular weight is 226 g/mol. The van der Waals surface area contributed by atoms with Crippen molar-refractivity contribution in [2.45, 2.75) is 45.5 Å². The second kappa shape index (κ2) is 8.50. The first-order chi connectivity index (χ1) is 6.36. The number of hydrogen-bond acceptors (Lipinski definition) is 4. The first-order valence-corrected chi connectivity index (χ1v) is 5.23. The summed E-state index contributed by atoms with van der Waals surface area (Å²) in [6.45, 7) is 6.44. The average Bonchev–Trinajstić information content (AvgIpc) is 2.07. The molecule has 0 bridgehead atoms. The summed E-state index contributed by atoms with van der Waals surface area (Å²) in [4.78, 5) is 0. The standard InChI is InChI=1S/C8H18ClN.BH3O3/c1-4-8(5-2,6-3)7(9)10;2-1(3)4/h7H,4-6,10H2,1-3H3;2-4H. The highest BCUT2D eigenvalue weighted by Crippen LogP contribution is 2.34. The SMILES string of the molecule is CCC(CC)(CC)C(N)Cl.OB(O)O. The van der Waals surface area contributed by atoms with Crippen LogP contribution in [0.5, 0.6) is 0 Å². The van der Waals surface area contributed by atoms with Crippen LogP contribution in [-0.4, -0.2) is 27.9 Å². The number of hydrogen-bond donors (Lipinski definition) is 4. The zero-order chi connectivity index (χ0) is 11.8. The van der Waals surface area contributed by atoms with Crippen molar-refractivity contribution in [1.29, 1.82) is 0 Å². The van der Waals surface area contributed by atoms with Crippen LogP contribution in [0.15, 0.2) is 0 Å². The molecular formula is C8H21BClNO3. The number of halogens is 1. The lowest BCUT2D eigenvalue weighted by Gasteiger charge is -2.32. The van der Waals surface area contributed by atoms with Gasteiger partial charge in [0.1, 0.15) is 0 Å². The zero-order valence-electron chi connectivity index (χ0n) is 9.07. The van der Waals surface area contributed by atoms with Gasteiger partial charge in [-0.2, -0.15) is 0 Å². The van der Waals surface area contributed by atoms with Gasteiger partial charge in [-0.15, -0.1) is 11.6 Å². The minimum absolute atomic E-state index is 0.168. The molecule has 0 aliphatic carbocycles. The molecule has 0 heterocycles. The lowest BCUT2D eigenvalue weighted by atomic mass is 9.80. The van der Waals surface area contributed by atoms with Crippen LogP contribution in [0, 0.1) is 5.41 Å². The third-order valence-electron chi connectivity index (χ3n) is 2.70. The van der Waals surface area contributed by atoms with Crippen molar-refractivity contribution in [3.63, 3.8) is 0 Å². The number of nitrogens with two attached hydrogens (primary N) is 1. The molecule has 0 spiro atoms. The molecule has 6 heteroatoms. The van der Waals surface area contributed by atoms with E-state index in [1.807, 2.05) is 0 Å². The maximum atomic E-state index is 7.17. The molecule has 0 aromatic rings. The summed E-state index contributed by atoms with van der Waals surface area (Å²) in [6, 6.07) is 0. The maximum absolute atomic E-state index is 7.17. The van der Waals surface area contributed by atoms with Gasteiger partial charge in [-0.1, -0.05) is 20.8 Å². The van der Waals surface area contributed by atoms with Crippen molar-refractivity contribution in [1.82, 2.24) is 0 Å². The van der Waals surface area contributed by atoms with E-state index >= 15 is 0 Å². The summed E-state index contributed by atoms with van der Waals surface area (Å²) < 4.78 is 0. The van der Waals surface area contributed by atoms with E-state index in [9.17, 15) is 0 Å². The third kappa shape index (κ3) is 6.62. The highest BCUT2D eigenvalue weighted by atomic mass is 35.5. The quantitative estimate of drug-likeness (QED) is 0.322. The predicted molar refractivity (Wildman–Crippen MR) is 59.5 cm³/mol. The molecule has 1 unspecified atom stereocenters. The number of rotatable bonds is 4. The van der Waals surface area contributed by atoms with Crippen molar-refractivity contribution in [3.05, 3.63) is 0 Å². The van der Waals surface area contributed by atoms with Crippen LogP contribution in [0.3, 0.4) is 0 Å². The Morgan fingerprint density at radius 1 is 1.14 bits per heavy atom. The molecule has 0 radical (unpaired) electrons. The summed E-state index contributed by atoms with van der Waals surface area (Å²) >= 11 is 5.88. The van der Waals surface area contributed by atoms with Crippen LogP contribution < -0.4 is 5.73 Å². The molecule has 0 aromatic heterocycles. The van der Waals surface area contributed by atoms with Crippen LogP contribution >= 0.6 is 11.6 Å². The molecule has 14 heavy (non-hydrogen) atoms. The summed E-state index contributed by atoms with van der Waals surface area (Å²) in [5.41, 5.74) is 5.65. The molecule has 0 aromatic carbocycles. The first kappa shape index (κ1) is 16.6. The Hall–Kier alpha value is 0.195. The van der Waals surface area contributed by atoms with E-state index in [1.54, 1.807) is 0 Å². The summed E-state index contributed by atoms with van der Waals surface area (Å²) in [5, 5.41) is 21.5. The minimum atomic E-state index is -2.17. The van der Waals surface area contributed by atoms with Gasteiger partial charge in [0.25, 0.3) is 0 Å². The van der Waals surface area contributed by atoms with Gasteiger partial charge in [0.15, 0.2) is 0 Å². The second-order valence-corrected chi connectivity index (χ2v) is 3.64. The van der Waals surface area contributed by atoms with Crippen LogP contribution in [0.1, 0.15) is 40.0 Å². The van der Waals surface area contributed by atoms with Crippen molar-refractivity contribution >= 4 is 18.9 Å². The Bertz CT molecular complexity index is 121. The molecule has 4 nitrogen and oxygen atoms in total. The van der Waals surface area contributed by atoms with E-state index < -0.39 is 7.32 Å². The predicted octanol–water partition coefficient (Wildman–Crippen LogP) is 0.675. The molecule has 0 amide bonds. The highest BCUT2D eigenvalue weighted by Gasteiger charge is 2.29. The van der Waals surface area contributed by atoms with Crippen molar-refractivity contribution in [2.24, 2.45) is 11.1 Å². The fourth-order valence-electron chi connectivity index (χ4n) is 1.34. The van der Waals surface area contributed by atoms with Crippen LogP contribution in [-0.2, 0) is 0 Å². The molecule has 0 rings (SSSR count). The summed E-state index contributed by atoms with van der Waals surface area (Å²) in [6.07, 6.45) is 3.22. The molecular weight excluding hydrogens is 204 g/mol. The molecule has 0 fully saturated rings. The van der Waals surface area contributed by atoms with Gasteiger partial charge in [-0.25, -0.2) is 0 Å². The Labute approximate surface area is 91.3 Å². The van der Waals surface area contributed by atoms with E-state index in [0.717, 1.165) is 19.3 Å². The van der Waals surface area contributed by atoms with Crippen molar-refractivity contribution < 1.29 is 15.1 Å². The van der Waals surface area contributed by atoms with Crippen molar-refractivity contribution in [2.75, 3.05) is 0 Å². The third-order valence-corrected chi connectivity index (χ3v) is 3.16. The normalized spacial score (nSPS) is 12.9. The van der Waals surface area contributed by atoms with Gasteiger partial charge in [0.05, 0.1) is 5.50 Å². The fourth-order valence-corrected chi connectivity index (χ4v) is 1.80. The highest BCUT2D eigenvalue weighted by molar-refractivity contribution is 6.30. The monoisotopic (exact) mass is 225 g/mol. The van der Waals surface area contributed by atoms with E-state index in [0.29, 0.717) is 0 Å². The topological polar surface area (TPSA) is 86.7 Å².